The van der Waals surface area contributed by atoms with Crippen LogP contribution >= 0.6 is 0 Å². The normalized spacial score (nSPS) is 18.9. The first-order valence-electron chi connectivity index (χ1n) is 5.97. The van der Waals surface area contributed by atoms with Crippen LogP contribution in [0.2, 0.25) is 0 Å². The predicted molar refractivity (Wildman–Crippen MR) is 63.1 cm³/mol. The van der Waals surface area contributed by atoms with E-state index in [9.17, 15) is 13.2 Å². The number of hydrogen-bond donors (Lipinski definition) is 2. The molecule has 18 heavy (non-hydrogen) atoms. The highest BCUT2D eigenvalue weighted by Crippen LogP contribution is 2.33. The highest BCUT2D eigenvalue weighted by molar-refractivity contribution is 5.40. The molecule has 6 heteroatoms. The van der Waals surface area contributed by atoms with Crippen molar-refractivity contribution in [3.8, 4) is 0 Å². The Morgan fingerprint density at radius 1 is 1.28 bits per heavy atom. The van der Waals surface area contributed by atoms with Crippen molar-refractivity contribution in [1.82, 2.24) is 4.98 Å². The average Bonchev–Trinajstić information content (AvgIpc) is 2.78. The van der Waals surface area contributed by atoms with Gasteiger partial charge in [0, 0.05) is 12.7 Å². The molecule has 1 aromatic rings. The zero-order valence-electron chi connectivity index (χ0n) is 9.93. The second kappa shape index (κ2) is 4.76. The van der Waals surface area contributed by atoms with E-state index in [0.717, 1.165) is 37.9 Å². The van der Waals surface area contributed by atoms with E-state index in [1.807, 2.05) is 0 Å². The first-order valence-corrected chi connectivity index (χ1v) is 5.97. The molecule has 2 rings (SSSR count). The standard InChI is InChI=1S/C12H16F3N3/c13-12(14,15)9-3-4-10(17-7-9)18-11(8-16)5-1-2-6-11/h3-4,7H,1-2,5-6,8,16H2,(H,17,18). The highest BCUT2D eigenvalue weighted by atomic mass is 19.4. The molecule has 1 fully saturated rings. The topological polar surface area (TPSA) is 50.9 Å². The van der Waals surface area contributed by atoms with Crippen LogP contribution in [-0.2, 0) is 6.18 Å². The van der Waals surface area contributed by atoms with E-state index < -0.39 is 11.7 Å². The van der Waals surface area contributed by atoms with Gasteiger partial charge in [0.05, 0.1) is 11.1 Å². The van der Waals surface area contributed by atoms with Crippen molar-refractivity contribution in [3.63, 3.8) is 0 Å². The number of rotatable bonds is 3. The van der Waals surface area contributed by atoms with Gasteiger partial charge in [-0.25, -0.2) is 4.98 Å². The van der Waals surface area contributed by atoms with Gasteiger partial charge >= 0.3 is 6.18 Å². The molecule has 0 radical (unpaired) electrons. The van der Waals surface area contributed by atoms with Crippen LogP contribution in [0.15, 0.2) is 18.3 Å². The highest BCUT2D eigenvalue weighted by Gasteiger charge is 2.33. The Morgan fingerprint density at radius 2 is 1.94 bits per heavy atom. The predicted octanol–water partition coefficient (Wildman–Crippen LogP) is 2.78. The van der Waals surface area contributed by atoms with Crippen LogP contribution in [0, 0.1) is 0 Å². The fourth-order valence-corrected chi connectivity index (χ4v) is 2.34. The lowest BCUT2D eigenvalue weighted by molar-refractivity contribution is -0.137. The van der Waals surface area contributed by atoms with Crippen LogP contribution in [0.3, 0.4) is 0 Å². The Morgan fingerprint density at radius 3 is 2.39 bits per heavy atom. The monoisotopic (exact) mass is 259 g/mol. The Hall–Kier alpha value is -1.30. The van der Waals surface area contributed by atoms with Gasteiger partial charge in [0.15, 0.2) is 0 Å². The molecule has 1 saturated carbocycles. The lowest BCUT2D eigenvalue weighted by atomic mass is 9.98. The quantitative estimate of drug-likeness (QED) is 0.877. The number of nitrogens with one attached hydrogen (secondary N) is 1. The molecule has 0 atom stereocenters. The molecule has 0 aliphatic heterocycles. The molecule has 3 nitrogen and oxygen atoms in total. The third-order valence-electron chi connectivity index (χ3n) is 3.44. The molecule has 1 heterocycles. The molecule has 1 aliphatic carbocycles. The second-order valence-corrected chi connectivity index (χ2v) is 4.75. The first kappa shape index (κ1) is 13.1. The Labute approximate surface area is 104 Å². The number of nitrogens with zero attached hydrogens (tertiary/aromatic N) is 1. The maximum absolute atomic E-state index is 12.4. The lowest BCUT2D eigenvalue weighted by Crippen LogP contribution is -2.43. The van der Waals surface area contributed by atoms with Gasteiger partial charge in [-0.15, -0.1) is 0 Å². The van der Waals surface area contributed by atoms with Crippen LogP contribution in [-0.4, -0.2) is 17.1 Å². The molecule has 1 aromatic heterocycles. The SMILES string of the molecule is NCC1(Nc2ccc(C(F)(F)F)cn2)CCCC1. The van der Waals surface area contributed by atoms with Crippen molar-refractivity contribution < 1.29 is 13.2 Å². The van der Waals surface area contributed by atoms with Crippen molar-refractivity contribution in [2.75, 3.05) is 11.9 Å². The summed E-state index contributed by atoms with van der Waals surface area (Å²) in [4.78, 5) is 3.81. The van der Waals surface area contributed by atoms with Gasteiger partial charge < -0.3 is 11.1 Å². The van der Waals surface area contributed by atoms with Crippen LogP contribution in [0.1, 0.15) is 31.2 Å². The van der Waals surface area contributed by atoms with E-state index in [1.54, 1.807) is 0 Å². The van der Waals surface area contributed by atoms with Gasteiger partial charge in [-0.05, 0) is 25.0 Å². The minimum Gasteiger partial charge on any atom is -0.363 e. The number of pyridine rings is 1. The number of hydrogen-bond acceptors (Lipinski definition) is 3. The maximum atomic E-state index is 12.4. The fourth-order valence-electron chi connectivity index (χ4n) is 2.34. The molecular formula is C12H16F3N3. The molecule has 1 aliphatic rings. The molecule has 0 amide bonds. The molecule has 3 N–H and O–H groups in total. The summed E-state index contributed by atoms with van der Waals surface area (Å²) >= 11 is 0. The minimum absolute atomic E-state index is 0.202. The summed E-state index contributed by atoms with van der Waals surface area (Å²) in [5.41, 5.74) is 4.81. The molecule has 0 bridgehead atoms. The van der Waals surface area contributed by atoms with E-state index in [1.165, 1.54) is 6.07 Å². The molecule has 0 unspecified atom stereocenters. The van der Waals surface area contributed by atoms with Crippen molar-refractivity contribution >= 4 is 5.82 Å². The zero-order chi connectivity index (χ0) is 13.2. The number of halogens is 3. The Kier molecular flexibility index (Phi) is 3.47. The van der Waals surface area contributed by atoms with Gasteiger partial charge in [0.25, 0.3) is 0 Å². The molecule has 0 spiro atoms. The summed E-state index contributed by atoms with van der Waals surface area (Å²) in [6.07, 6.45) is 0.556. The molecule has 100 valence electrons. The van der Waals surface area contributed by atoms with Crippen LogP contribution in [0.4, 0.5) is 19.0 Å². The zero-order valence-corrected chi connectivity index (χ0v) is 9.93. The first-order chi connectivity index (χ1) is 8.45. The van der Waals surface area contributed by atoms with E-state index in [0.29, 0.717) is 12.4 Å². The number of aromatic nitrogens is 1. The van der Waals surface area contributed by atoms with E-state index in [4.69, 9.17) is 5.73 Å². The van der Waals surface area contributed by atoms with E-state index in [2.05, 4.69) is 10.3 Å². The summed E-state index contributed by atoms with van der Waals surface area (Å²) in [7, 11) is 0. The Balaban J connectivity index is 2.11. The summed E-state index contributed by atoms with van der Waals surface area (Å²) in [5.74, 6) is 0.454. The Bertz CT molecular complexity index is 394. The largest absolute Gasteiger partial charge is 0.417 e. The van der Waals surface area contributed by atoms with Crippen molar-refractivity contribution in [2.24, 2.45) is 5.73 Å². The lowest BCUT2D eigenvalue weighted by Gasteiger charge is -2.29. The molecule has 0 saturated heterocycles. The van der Waals surface area contributed by atoms with Crippen LogP contribution in [0.25, 0.3) is 0 Å². The van der Waals surface area contributed by atoms with E-state index >= 15 is 0 Å². The number of anilines is 1. The van der Waals surface area contributed by atoms with Crippen LogP contribution < -0.4 is 11.1 Å². The molecule has 0 aromatic carbocycles. The van der Waals surface area contributed by atoms with Crippen LogP contribution in [0.5, 0.6) is 0 Å². The smallest absolute Gasteiger partial charge is 0.363 e. The third-order valence-corrected chi connectivity index (χ3v) is 3.44. The maximum Gasteiger partial charge on any atom is 0.417 e. The number of nitrogens with two attached hydrogens (primary N) is 1. The average molecular weight is 259 g/mol. The summed E-state index contributed by atoms with van der Waals surface area (Å²) in [5, 5.41) is 3.18. The van der Waals surface area contributed by atoms with Gasteiger partial charge in [-0.2, -0.15) is 13.2 Å². The third kappa shape index (κ3) is 2.75. The van der Waals surface area contributed by atoms with Gasteiger partial charge in [0.1, 0.15) is 5.82 Å². The molecular weight excluding hydrogens is 243 g/mol. The van der Waals surface area contributed by atoms with E-state index in [-0.39, 0.29) is 5.54 Å². The van der Waals surface area contributed by atoms with Crippen molar-refractivity contribution in [3.05, 3.63) is 23.9 Å². The summed E-state index contributed by atoms with van der Waals surface area (Å²) < 4.78 is 37.2. The summed E-state index contributed by atoms with van der Waals surface area (Å²) in [6, 6.07) is 2.40. The summed E-state index contributed by atoms with van der Waals surface area (Å²) in [6.45, 7) is 0.468. The second-order valence-electron chi connectivity index (χ2n) is 4.75. The fraction of sp³-hybridized carbons (Fsp3) is 0.583. The van der Waals surface area contributed by atoms with Gasteiger partial charge in [-0.3, -0.25) is 0 Å². The number of alkyl halides is 3. The van der Waals surface area contributed by atoms with Gasteiger partial charge in [0.2, 0.25) is 0 Å². The van der Waals surface area contributed by atoms with Gasteiger partial charge in [-0.1, -0.05) is 12.8 Å². The van der Waals surface area contributed by atoms with Crippen molar-refractivity contribution in [1.29, 1.82) is 0 Å². The van der Waals surface area contributed by atoms with Crippen molar-refractivity contribution in [2.45, 2.75) is 37.4 Å². The minimum atomic E-state index is -4.34.